The number of carbonyl (C=O) groups excluding carboxylic acids is 2. The van der Waals surface area contributed by atoms with Crippen molar-refractivity contribution in [3.63, 3.8) is 0 Å². The van der Waals surface area contributed by atoms with Crippen LogP contribution in [0.15, 0.2) is 0 Å². The average Bonchev–Trinajstić information content (AvgIpc) is 2.00. The Morgan fingerprint density at radius 3 is 2.07 bits per heavy atom. The second kappa shape index (κ2) is 5.13. The van der Waals surface area contributed by atoms with Crippen molar-refractivity contribution in [2.24, 2.45) is 5.41 Å². The minimum atomic E-state index is -0.0133. The number of amides is 1. The van der Waals surface area contributed by atoms with Crippen LogP contribution < -0.4 is 0 Å². The lowest BCUT2D eigenvalue weighted by Crippen LogP contribution is -2.34. The van der Waals surface area contributed by atoms with Crippen LogP contribution in [-0.4, -0.2) is 30.2 Å². The van der Waals surface area contributed by atoms with Crippen molar-refractivity contribution in [2.75, 3.05) is 13.6 Å². The molecule has 0 fully saturated rings. The third-order valence-electron chi connectivity index (χ3n) is 1.92. The van der Waals surface area contributed by atoms with Crippen molar-refractivity contribution in [3.8, 4) is 0 Å². The van der Waals surface area contributed by atoms with Crippen LogP contribution in [0.25, 0.3) is 0 Å². The molecule has 82 valence electrons. The van der Waals surface area contributed by atoms with Crippen LogP contribution in [0, 0.1) is 5.41 Å². The van der Waals surface area contributed by atoms with Crippen LogP contribution >= 0.6 is 0 Å². The van der Waals surface area contributed by atoms with Crippen LogP contribution in [-0.2, 0) is 9.59 Å². The monoisotopic (exact) mass is 199 g/mol. The van der Waals surface area contributed by atoms with Crippen LogP contribution in [0.2, 0.25) is 0 Å². The van der Waals surface area contributed by atoms with Crippen LogP contribution in [0.5, 0.6) is 0 Å². The van der Waals surface area contributed by atoms with Gasteiger partial charge in [0, 0.05) is 19.9 Å². The summed E-state index contributed by atoms with van der Waals surface area (Å²) in [5.74, 6) is 0.147. The first-order valence-corrected chi connectivity index (χ1v) is 5.02. The van der Waals surface area contributed by atoms with Gasteiger partial charge < -0.3 is 4.90 Å². The van der Waals surface area contributed by atoms with E-state index in [1.807, 2.05) is 27.7 Å². The van der Waals surface area contributed by atoms with E-state index in [0.29, 0.717) is 12.8 Å². The highest BCUT2D eigenvalue weighted by Gasteiger charge is 2.19. The molecule has 0 aromatic rings. The van der Waals surface area contributed by atoms with Crippen molar-refractivity contribution >= 4 is 11.7 Å². The number of hydrogen-bond acceptors (Lipinski definition) is 2. The van der Waals surface area contributed by atoms with Crippen molar-refractivity contribution < 1.29 is 9.59 Å². The maximum Gasteiger partial charge on any atom is 0.223 e. The fourth-order valence-electron chi connectivity index (χ4n) is 1.05. The van der Waals surface area contributed by atoms with Gasteiger partial charge in [0.2, 0.25) is 5.91 Å². The van der Waals surface area contributed by atoms with Gasteiger partial charge in [-0.15, -0.1) is 0 Å². The van der Waals surface area contributed by atoms with Crippen molar-refractivity contribution in [1.29, 1.82) is 0 Å². The molecule has 0 bridgehead atoms. The Labute approximate surface area is 86.5 Å². The second-order valence-electron chi connectivity index (χ2n) is 4.88. The van der Waals surface area contributed by atoms with Gasteiger partial charge in [0.1, 0.15) is 0 Å². The zero-order chi connectivity index (χ0) is 11.4. The van der Waals surface area contributed by atoms with Gasteiger partial charge in [-0.2, -0.15) is 0 Å². The van der Waals surface area contributed by atoms with E-state index in [0.717, 1.165) is 0 Å². The van der Waals surface area contributed by atoms with Gasteiger partial charge in [-0.3, -0.25) is 9.59 Å². The third kappa shape index (κ3) is 5.73. The minimum absolute atomic E-state index is 0.0133. The first kappa shape index (κ1) is 13.1. The van der Waals surface area contributed by atoms with Gasteiger partial charge in [-0.25, -0.2) is 0 Å². The molecule has 0 N–H and O–H groups in total. The van der Waals surface area contributed by atoms with Crippen molar-refractivity contribution in [3.05, 3.63) is 0 Å². The van der Waals surface area contributed by atoms with Gasteiger partial charge in [-0.05, 0) is 5.41 Å². The molecule has 0 aromatic heterocycles. The highest BCUT2D eigenvalue weighted by atomic mass is 16.2. The zero-order valence-corrected chi connectivity index (χ0v) is 9.89. The van der Waals surface area contributed by atoms with Gasteiger partial charge >= 0.3 is 0 Å². The fourth-order valence-corrected chi connectivity index (χ4v) is 1.05. The summed E-state index contributed by atoms with van der Waals surface area (Å²) >= 11 is 0. The Bertz CT molecular complexity index is 216. The topological polar surface area (TPSA) is 37.4 Å². The lowest BCUT2D eigenvalue weighted by Gasteiger charge is -2.22. The van der Waals surface area contributed by atoms with E-state index in [2.05, 4.69) is 0 Å². The van der Waals surface area contributed by atoms with Crippen molar-refractivity contribution in [1.82, 2.24) is 4.90 Å². The highest BCUT2D eigenvalue weighted by Crippen LogP contribution is 2.19. The van der Waals surface area contributed by atoms with Crippen molar-refractivity contribution in [2.45, 2.75) is 40.5 Å². The average molecular weight is 199 g/mol. The molecule has 0 atom stereocenters. The molecule has 0 saturated heterocycles. The summed E-state index contributed by atoms with van der Waals surface area (Å²) in [5.41, 5.74) is -0.0133. The molecule has 0 saturated carbocycles. The molecule has 0 rings (SSSR count). The Morgan fingerprint density at radius 2 is 1.71 bits per heavy atom. The molecule has 0 spiro atoms. The van der Waals surface area contributed by atoms with Gasteiger partial charge in [0.25, 0.3) is 0 Å². The van der Waals surface area contributed by atoms with Gasteiger partial charge in [0.05, 0.1) is 6.54 Å². The van der Waals surface area contributed by atoms with Crippen LogP contribution in [0.1, 0.15) is 40.5 Å². The van der Waals surface area contributed by atoms with E-state index in [9.17, 15) is 9.59 Å². The Kier molecular flexibility index (Phi) is 4.81. The molecule has 0 aliphatic carbocycles. The smallest absolute Gasteiger partial charge is 0.223 e. The first-order chi connectivity index (χ1) is 6.26. The summed E-state index contributed by atoms with van der Waals surface area (Å²) < 4.78 is 0. The summed E-state index contributed by atoms with van der Waals surface area (Å²) in [4.78, 5) is 24.2. The van der Waals surface area contributed by atoms with E-state index in [1.165, 1.54) is 4.90 Å². The number of hydrogen-bond donors (Lipinski definition) is 0. The number of likely N-dealkylation sites (N-methyl/N-ethyl adjacent to an activating group) is 1. The predicted molar refractivity (Wildman–Crippen MR) is 57.0 cm³/mol. The normalized spacial score (nSPS) is 11.2. The lowest BCUT2D eigenvalue weighted by molar-refractivity contribution is -0.135. The molecular weight excluding hydrogens is 178 g/mol. The van der Waals surface area contributed by atoms with Gasteiger partial charge in [-0.1, -0.05) is 27.7 Å². The molecule has 0 heterocycles. The molecule has 0 unspecified atom stereocenters. The highest BCUT2D eigenvalue weighted by molar-refractivity contribution is 5.85. The zero-order valence-electron chi connectivity index (χ0n) is 9.89. The molecule has 0 aliphatic heterocycles. The van der Waals surface area contributed by atoms with E-state index in [4.69, 9.17) is 0 Å². The predicted octanol–water partition coefficient (Wildman–Crippen LogP) is 1.86. The van der Waals surface area contributed by atoms with E-state index in [1.54, 1.807) is 7.05 Å². The Hall–Kier alpha value is -0.860. The Balaban J connectivity index is 4.07. The number of ketones is 1. The second-order valence-corrected chi connectivity index (χ2v) is 4.88. The first-order valence-electron chi connectivity index (χ1n) is 5.02. The number of nitrogens with zero attached hydrogens (tertiary/aromatic N) is 1. The maximum absolute atomic E-state index is 11.6. The summed E-state index contributed by atoms with van der Waals surface area (Å²) in [6.07, 6.45) is 0.980. The summed E-state index contributed by atoms with van der Waals surface area (Å²) in [7, 11) is 1.68. The van der Waals surface area contributed by atoms with E-state index < -0.39 is 0 Å². The molecule has 1 amide bonds. The largest absolute Gasteiger partial charge is 0.338 e. The quantitative estimate of drug-likeness (QED) is 0.693. The van der Waals surface area contributed by atoms with Crippen LogP contribution in [0.3, 0.4) is 0 Å². The van der Waals surface area contributed by atoms with Gasteiger partial charge in [0.15, 0.2) is 5.78 Å². The standard InChI is InChI=1S/C11H21NO2/c1-6-9(13)8-12(5)10(14)7-11(2,3)4/h6-8H2,1-5H3. The third-order valence-corrected chi connectivity index (χ3v) is 1.92. The number of Topliss-reactive ketones (excluding diaryl/α,β-unsaturated/α-hetero) is 1. The maximum atomic E-state index is 11.6. The summed E-state index contributed by atoms with van der Waals surface area (Å²) in [6.45, 7) is 8.09. The molecule has 14 heavy (non-hydrogen) atoms. The molecule has 0 aromatic carbocycles. The minimum Gasteiger partial charge on any atom is -0.338 e. The number of carbonyl (C=O) groups is 2. The van der Waals surface area contributed by atoms with E-state index >= 15 is 0 Å². The van der Waals surface area contributed by atoms with Crippen LogP contribution in [0.4, 0.5) is 0 Å². The lowest BCUT2D eigenvalue weighted by atomic mass is 9.91. The fraction of sp³-hybridized carbons (Fsp3) is 0.818. The van der Waals surface area contributed by atoms with E-state index in [-0.39, 0.29) is 23.7 Å². The molecule has 0 aliphatic rings. The summed E-state index contributed by atoms with van der Waals surface area (Å²) in [5, 5.41) is 0. The summed E-state index contributed by atoms with van der Waals surface area (Å²) in [6, 6.07) is 0. The molecule has 3 heteroatoms. The SMILES string of the molecule is CCC(=O)CN(C)C(=O)CC(C)(C)C. The Morgan fingerprint density at radius 1 is 1.21 bits per heavy atom. The number of rotatable bonds is 4. The molecule has 3 nitrogen and oxygen atoms in total. The molecule has 0 radical (unpaired) electrons. The molecular formula is C11H21NO2.